The number of aryl methyl sites for hydroxylation is 2. The molecule has 0 spiro atoms. The summed E-state index contributed by atoms with van der Waals surface area (Å²) in [5.41, 5.74) is 2.45. The summed E-state index contributed by atoms with van der Waals surface area (Å²) in [7, 11) is 0. The Bertz CT molecular complexity index is 273. The van der Waals surface area contributed by atoms with Crippen molar-refractivity contribution in [2.24, 2.45) is 0 Å². The van der Waals surface area contributed by atoms with Gasteiger partial charge in [0.15, 0.2) is 0 Å². The molecule has 2 heteroatoms. The molecular weight excluding hydrogens is 154 g/mol. The van der Waals surface area contributed by atoms with Gasteiger partial charge in [0.2, 0.25) is 0 Å². The van der Waals surface area contributed by atoms with E-state index in [9.17, 15) is 0 Å². The summed E-state index contributed by atoms with van der Waals surface area (Å²) in [6.07, 6.45) is 0. The normalized spacial score (nSPS) is 10.1. The SMILES string of the molecule is C=C(C)Sc1cc(C)[nH]c1C. The van der Waals surface area contributed by atoms with Gasteiger partial charge in [0.1, 0.15) is 0 Å². The third-order valence-electron chi connectivity index (χ3n) is 1.39. The van der Waals surface area contributed by atoms with Crippen molar-refractivity contribution in [3.05, 3.63) is 28.9 Å². The highest BCUT2D eigenvalue weighted by Crippen LogP contribution is 2.28. The number of H-pyrrole nitrogens is 1. The van der Waals surface area contributed by atoms with Crippen LogP contribution in [0.1, 0.15) is 18.3 Å². The minimum Gasteiger partial charge on any atom is -0.362 e. The van der Waals surface area contributed by atoms with Crippen LogP contribution < -0.4 is 0 Å². The molecule has 1 nitrogen and oxygen atoms in total. The van der Waals surface area contributed by atoms with Crippen molar-refractivity contribution in [2.45, 2.75) is 25.7 Å². The Balaban J connectivity index is 2.85. The predicted octanol–water partition coefficient (Wildman–Crippen LogP) is 3.26. The third-order valence-corrected chi connectivity index (χ3v) is 2.38. The van der Waals surface area contributed by atoms with Crippen LogP contribution in [0.4, 0.5) is 0 Å². The lowest BCUT2D eigenvalue weighted by atomic mass is 10.4. The van der Waals surface area contributed by atoms with E-state index < -0.39 is 0 Å². The number of hydrogen-bond acceptors (Lipinski definition) is 1. The molecule has 1 heterocycles. The molecule has 0 aliphatic rings. The molecule has 1 rings (SSSR count). The summed E-state index contributed by atoms with van der Waals surface area (Å²) in [5.74, 6) is 0. The Kier molecular flexibility index (Phi) is 2.45. The maximum absolute atomic E-state index is 3.85. The van der Waals surface area contributed by atoms with Gasteiger partial charge < -0.3 is 4.98 Å². The van der Waals surface area contributed by atoms with Crippen molar-refractivity contribution in [1.82, 2.24) is 4.98 Å². The van der Waals surface area contributed by atoms with Gasteiger partial charge in [-0.2, -0.15) is 0 Å². The molecule has 60 valence electrons. The Morgan fingerprint density at radius 3 is 2.55 bits per heavy atom. The molecule has 0 bridgehead atoms. The van der Waals surface area contributed by atoms with E-state index in [1.807, 2.05) is 6.92 Å². The van der Waals surface area contributed by atoms with Crippen LogP contribution in [-0.2, 0) is 0 Å². The summed E-state index contributed by atoms with van der Waals surface area (Å²) >= 11 is 1.72. The van der Waals surface area contributed by atoms with E-state index in [0.29, 0.717) is 0 Å². The first-order valence-corrected chi connectivity index (χ1v) is 4.41. The summed E-state index contributed by atoms with van der Waals surface area (Å²) in [6.45, 7) is 10.0. The van der Waals surface area contributed by atoms with Crippen LogP contribution >= 0.6 is 11.8 Å². The van der Waals surface area contributed by atoms with Gasteiger partial charge >= 0.3 is 0 Å². The monoisotopic (exact) mass is 167 g/mol. The van der Waals surface area contributed by atoms with Gasteiger partial charge in [-0.05, 0) is 31.7 Å². The molecule has 0 aliphatic carbocycles. The molecule has 0 unspecified atom stereocenters. The molecular formula is C9H13NS. The first kappa shape index (κ1) is 8.47. The number of aromatic amines is 1. The second kappa shape index (κ2) is 3.18. The molecule has 0 atom stereocenters. The van der Waals surface area contributed by atoms with Gasteiger partial charge in [0, 0.05) is 16.3 Å². The highest BCUT2D eigenvalue weighted by atomic mass is 32.2. The Hall–Kier alpha value is -0.630. The number of aromatic nitrogens is 1. The van der Waals surface area contributed by atoms with Gasteiger partial charge in [-0.25, -0.2) is 0 Å². The molecule has 0 fully saturated rings. The fourth-order valence-corrected chi connectivity index (χ4v) is 1.81. The number of hydrogen-bond donors (Lipinski definition) is 1. The molecule has 0 aliphatic heterocycles. The fourth-order valence-electron chi connectivity index (χ4n) is 0.992. The molecule has 0 saturated carbocycles. The highest BCUT2D eigenvalue weighted by molar-refractivity contribution is 8.03. The van der Waals surface area contributed by atoms with Crippen molar-refractivity contribution in [3.8, 4) is 0 Å². The molecule has 11 heavy (non-hydrogen) atoms. The third kappa shape index (κ3) is 2.15. The first-order chi connectivity index (χ1) is 5.09. The summed E-state index contributed by atoms with van der Waals surface area (Å²) < 4.78 is 0. The van der Waals surface area contributed by atoms with E-state index >= 15 is 0 Å². The van der Waals surface area contributed by atoms with Crippen molar-refractivity contribution in [2.75, 3.05) is 0 Å². The smallest absolute Gasteiger partial charge is 0.0325 e. The summed E-state index contributed by atoms with van der Waals surface area (Å²) in [6, 6.07) is 2.15. The molecule has 0 amide bonds. The van der Waals surface area contributed by atoms with Crippen LogP contribution in [0.15, 0.2) is 22.4 Å². The van der Waals surface area contributed by atoms with Crippen LogP contribution in [0.5, 0.6) is 0 Å². The van der Waals surface area contributed by atoms with Crippen LogP contribution in [-0.4, -0.2) is 4.98 Å². The quantitative estimate of drug-likeness (QED) is 0.668. The van der Waals surface area contributed by atoms with Gasteiger partial charge in [-0.1, -0.05) is 18.3 Å². The van der Waals surface area contributed by atoms with E-state index in [4.69, 9.17) is 0 Å². The Morgan fingerprint density at radius 2 is 2.18 bits per heavy atom. The zero-order valence-electron chi connectivity index (χ0n) is 7.19. The molecule has 1 N–H and O–H groups in total. The molecule has 0 saturated heterocycles. The second-order valence-corrected chi connectivity index (χ2v) is 4.09. The number of allylic oxidation sites excluding steroid dienone is 1. The van der Waals surface area contributed by atoms with E-state index in [0.717, 1.165) is 4.91 Å². The van der Waals surface area contributed by atoms with Crippen LogP contribution in [0.3, 0.4) is 0 Å². The van der Waals surface area contributed by atoms with Crippen LogP contribution in [0.25, 0.3) is 0 Å². The Morgan fingerprint density at radius 1 is 1.55 bits per heavy atom. The van der Waals surface area contributed by atoms with Gasteiger partial charge in [0.05, 0.1) is 0 Å². The number of rotatable bonds is 2. The summed E-state index contributed by atoms with van der Waals surface area (Å²) in [4.78, 5) is 5.67. The van der Waals surface area contributed by atoms with Gasteiger partial charge in [-0.15, -0.1) is 0 Å². The maximum atomic E-state index is 3.85. The van der Waals surface area contributed by atoms with Crippen molar-refractivity contribution in [3.63, 3.8) is 0 Å². The van der Waals surface area contributed by atoms with E-state index in [1.54, 1.807) is 11.8 Å². The maximum Gasteiger partial charge on any atom is 0.0325 e. The average Bonchev–Trinajstić information content (AvgIpc) is 2.09. The van der Waals surface area contributed by atoms with Gasteiger partial charge in [-0.3, -0.25) is 0 Å². The lowest BCUT2D eigenvalue weighted by molar-refractivity contribution is 1.16. The first-order valence-electron chi connectivity index (χ1n) is 3.59. The second-order valence-electron chi connectivity index (χ2n) is 2.75. The Labute approximate surface area is 71.9 Å². The number of nitrogens with one attached hydrogen (secondary N) is 1. The molecule has 1 aromatic heterocycles. The molecule has 0 radical (unpaired) electrons. The predicted molar refractivity (Wildman–Crippen MR) is 50.9 cm³/mol. The standard InChI is InChI=1S/C9H13NS/c1-6(2)11-9-5-7(3)10-8(9)4/h5,10H,1H2,2-4H3. The zero-order chi connectivity index (χ0) is 8.43. The fraction of sp³-hybridized carbons (Fsp3) is 0.333. The lowest BCUT2D eigenvalue weighted by Gasteiger charge is -1.96. The molecule has 1 aromatic rings. The van der Waals surface area contributed by atoms with Crippen molar-refractivity contribution >= 4 is 11.8 Å². The van der Waals surface area contributed by atoms with Gasteiger partial charge in [0.25, 0.3) is 0 Å². The summed E-state index contributed by atoms with van der Waals surface area (Å²) in [5, 5.41) is 0. The largest absolute Gasteiger partial charge is 0.362 e. The number of thioether (sulfide) groups is 1. The lowest BCUT2D eigenvalue weighted by Crippen LogP contribution is -1.72. The zero-order valence-corrected chi connectivity index (χ0v) is 8.01. The van der Waals surface area contributed by atoms with Crippen molar-refractivity contribution in [1.29, 1.82) is 0 Å². The molecule has 0 aromatic carbocycles. The van der Waals surface area contributed by atoms with E-state index in [-0.39, 0.29) is 0 Å². The van der Waals surface area contributed by atoms with E-state index in [1.165, 1.54) is 16.3 Å². The van der Waals surface area contributed by atoms with Crippen LogP contribution in [0, 0.1) is 13.8 Å². The minimum atomic E-state index is 1.13. The topological polar surface area (TPSA) is 15.8 Å². The highest BCUT2D eigenvalue weighted by Gasteiger charge is 2.01. The minimum absolute atomic E-state index is 1.13. The van der Waals surface area contributed by atoms with Crippen molar-refractivity contribution < 1.29 is 0 Å². The van der Waals surface area contributed by atoms with Crippen LogP contribution in [0.2, 0.25) is 0 Å². The van der Waals surface area contributed by atoms with E-state index in [2.05, 4.69) is 31.5 Å². The average molecular weight is 167 g/mol.